The first-order chi connectivity index (χ1) is 9.85. The normalized spacial score (nSPS) is 24.8. The molecule has 2 nitrogen and oxygen atoms in total. The molecule has 1 fully saturated rings. The van der Waals surface area contributed by atoms with Crippen molar-refractivity contribution in [3.8, 4) is 0 Å². The highest BCUT2D eigenvalue weighted by molar-refractivity contribution is 5.28. The molecule has 1 saturated heterocycles. The fraction of sp³-hybridized carbons (Fsp3) is 0.684. The van der Waals surface area contributed by atoms with Crippen LogP contribution in [-0.2, 0) is 16.6 Å². The molecule has 1 aliphatic heterocycles. The van der Waals surface area contributed by atoms with Gasteiger partial charge in [0.25, 0.3) is 0 Å². The van der Waals surface area contributed by atoms with Crippen LogP contribution >= 0.6 is 0 Å². The molecule has 1 aromatic rings. The van der Waals surface area contributed by atoms with E-state index in [-0.39, 0.29) is 11.0 Å². The summed E-state index contributed by atoms with van der Waals surface area (Å²) < 4.78 is 6.11. The van der Waals surface area contributed by atoms with E-state index >= 15 is 0 Å². The van der Waals surface area contributed by atoms with Gasteiger partial charge in [-0.2, -0.15) is 0 Å². The highest BCUT2D eigenvalue weighted by Gasteiger charge is 2.35. The molecular weight excluding hydrogens is 258 g/mol. The van der Waals surface area contributed by atoms with E-state index in [0.717, 1.165) is 19.4 Å². The molecule has 2 heteroatoms. The van der Waals surface area contributed by atoms with Crippen molar-refractivity contribution in [1.82, 2.24) is 5.32 Å². The third-order valence-electron chi connectivity index (χ3n) is 4.84. The Labute approximate surface area is 130 Å². The van der Waals surface area contributed by atoms with Gasteiger partial charge in [0.05, 0.1) is 5.60 Å². The van der Waals surface area contributed by atoms with Gasteiger partial charge >= 0.3 is 0 Å². The van der Waals surface area contributed by atoms with Gasteiger partial charge in [0.15, 0.2) is 0 Å². The van der Waals surface area contributed by atoms with Crippen LogP contribution in [0.15, 0.2) is 24.3 Å². The summed E-state index contributed by atoms with van der Waals surface area (Å²) >= 11 is 0. The molecule has 2 atom stereocenters. The zero-order valence-corrected chi connectivity index (χ0v) is 14.3. The van der Waals surface area contributed by atoms with E-state index in [4.69, 9.17) is 4.74 Å². The van der Waals surface area contributed by atoms with Gasteiger partial charge in [0.1, 0.15) is 0 Å². The maximum atomic E-state index is 6.11. The number of ether oxygens (including phenoxy) is 1. The molecule has 1 aliphatic rings. The number of hydrogen-bond acceptors (Lipinski definition) is 2. The van der Waals surface area contributed by atoms with Crippen LogP contribution in [0.1, 0.15) is 58.1 Å². The van der Waals surface area contributed by atoms with Crippen molar-refractivity contribution in [3.63, 3.8) is 0 Å². The Bertz CT molecular complexity index is 438. The summed E-state index contributed by atoms with van der Waals surface area (Å²) in [7, 11) is 2.05. The Morgan fingerprint density at radius 1 is 1.19 bits per heavy atom. The minimum absolute atomic E-state index is 0.0320. The zero-order valence-electron chi connectivity index (χ0n) is 14.3. The minimum Gasteiger partial charge on any atom is -0.374 e. The molecule has 118 valence electrons. The standard InChI is InChI=1S/C19H31NO/c1-18(2,3)16-10-8-15(9-11-16)14-17(20-5)19(4)12-6-7-13-21-19/h8-11,17,20H,6-7,12-14H2,1-5H3. The third-order valence-corrected chi connectivity index (χ3v) is 4.84. The quantitative estimate of drug-likeness (QED) is 0.902. The Kier molecular flexibility index (Phi) is 5.11. The Morgan fingerprint density at radius 3 is 2.33 bits per heavy atom. The van der Waals surface area contributed by atoms with Crippen molar-refractivity contribution in [3.05, 3.63) is 35.4 Å². The van der Waals surface area contributed by atoms with E-state index in [1.165, 1.54) is 24.0 Å². The number of hydrogen-bond donors (Lipinski definition) is 1. The summed E-state index contributed by atoms with van der Waals surface area (Å²) in [5.74, 6) is 0. The van der Waals surface area contributed by atoms with E-state index in [0.29, 0.717) is 6.04 Å². The molecule has 0 amide bonds. The van der Waals surface area contributed by atoms with Gasteiger partial charge in [0.2, 0.25) is 0 Å². The SMILES string of the molecule is CNC(Cc1ccc(C(C)(C)C)cc1)C1(C)CCCCO1. The predicted octanol–water partition coefficient (Wildman–Crippen LogP) is 4.07. The first-order valence-electron chi connectivity index (χ1n) is 8.26. The van der Waals surface area contributed by atoms with E-state index in [1.807, 2.05) is 0 Å². The molecule has 0 bridgehead atoms. The lowest BCUT2D eigenvalue weighted by atomic mass is 9.83. The maximum absolute atomic E-state index is 6.11. The summed E-state index contributed by atoms with van der Waals surface area (Å²) in [5.41, 5.74) is 2.97. The fourth-order valence-electron chi connectivity index (χ4n) is 3.23. The topological polar surface area (TPSA) is 21.3 Å². The van der Waals surface area contributed by atoms with E-state index < -0.39 is 0 Å². The predicted molar refractivity (Wildman–Crippen MR) is 89.9 cm³/mol. The second-order valence-corrected chi connectivity index (χ2v) is 7.61. The van der Waals surface area contributed by atoms with Crippen LogP contribution in [0.4, 0.5) is 0 Å². The number of rotatable bonds is 4. The molecule has 0 spiro atoms. The minimum atomic E-state index is -0.0320. The summed E-state index contributed by atoms with van der Waals surface area (Å²) in [6.07, 6.45) is 4.65. The van der Waals surface area contributed by atoms with Crippen LogP contribution in [0.25, 0.3) is 0 Å². The lowest BCUT2D eigenvalue weighted by Crippen LogP contribution is -2.52. The molecule has 2 unspecified atom stereocenters. The summed E-state index contributed by atoms with van der Waals surface area (Å²) in [6.45, 7) is 9.94. The highest BCUT2D eigenvalue weighted by Crippen LogP contribution is 2.30. The Balaban J connectivity index is 2.08. The molecule has 0 saturated carbocycles. The Morgan fingerprint density at radius 2 is 1.86 bits per heavy atom. The van der Waals surface area contributed by atoms with Crippen LogP contribution < -0.4 is 5.32 Å². The average Bonchev–Trinajstić information content (AvgIpc) is 2.45. The molecule has 1 aromatic carbocycles. The largest absolute Gasteiger partial charge is 0.374 e. The number of benzene rings is 1. The zero-order chi connectivity index (χ0) is 15.5. The van der Waals surface area contributed by atoms with Crippen LogP contribution in [0, 0.1) is 0 Å². The average molecular weight is 289 g/mol. The van der Waals surface area contributed by atoms with Crippen molar-refractivity contribution >= 4 is 0 Å². The molecule has 2 rings (SSSR count). The van der Waals surface area contributed by atoms with Gasteiger partial charge in [-0.15, -0.1) is 0 Å². The van der Waals surface area contributed by atoms with Crippen molar-refractivity contribution in [2.75, 3.05) is 13.7 Å². The number of likely N-dealkylation sites (N-methyl/N-ethyl adjacent to an activating group) is 1. The van der Waals surface area contributed by atoms with Crippen molar-refractivity contribution < 1.29 is 4.74 Å². The van der Waals surface area contributed by atoms with Crippen LogP contribution in [0.2, 0.25) is 0 Å². The lowest BCUT2D eigenvalue weighted by Gasteiger charge is -2.40. The molecule has 21 heavy (non-hydrogen) atoms. The lowest BCUT2D eigenvalue weighted by molar-refractivity contribution is -0.0870. The van der Waals surface area contributed by atoms with Gasteiger partial charge in [-0.3, -0.25) is 0 Å². The van der Waals surface area contributed by atoms with Crippen molar-refractivity contribution in [2.45, 2.75) is 70.4 Å². The first kappa shape index (κ1) is 16.5. The van der Waals surface area contributed by atoms with Crippen molar-refractivity contribution in [2.24, 2.45) is 0 Å². The second-order valence-electron chi connectivity index (χ2n) is 7.61. The van der Waals surface area contributed by atoms with Crippen LogP contribution in [0.5, 0.6) is 0 Å². The molecule has 0 radical (unpaired) electrons. The molecular formula is C19H31NO. The van der Waals surface area contributed by atoms with Gasteiger partial charge in [-0.05, 0) is 56.2 Å². The number of nitrogens with one attached hydrogen (secondary N) is 1. The molecule has 1 N–H and O–H groups in total. The highest BCUT2D eigenvalue weighted by atomic mass is 16.5. The van der Waals surface area contributed by atoms with Gasteiger partial charge in [-0.1, -0.05) is 45.0 Å². The monoisotopic (exact) mass is 289 g/mol. The van der Waals surface area contributed by atoms with Gasteiger partial charge in [-0.25, -0.2) is 0 Å². The third kappa shape index (κ3) is 4.08. The molecule has 0 aliphatic carbocycles. The smallest absolute Gasteiger partial charge is 0.0809 e. The molecule has 0 aromatic heterocycles. The van der Waals surface area contributed by atoms with Crippen molar-refractivity contribution in [1.29, 1.82) is 0 Å². The molecule has 1 heterocycles. The van der Waals surface area contributed by atoms with Gasteiger partial charge < -0.3 is 10.1 Å². The second kappa shape index (κ2) is 6.50. The van der Waals surface area contributed by atoms with E-state index in [1.54, 1.807) is 0 Å². The van der Waals surface area contributed by atoms with Gasteiger partial charge in [0, 0.05) is 12.6 Å². The van der Waals surface area contributed by atoms with E-state index in [9.17, 15) is 0 Å². The van der Waals surface area contributed by atoms with E-state index in [2.05, 4.69) is 64.3 Å². The summed E-state index contributed by atoms with van der Waals surface area (Å²) in [6, 6.07) is 9.46. The maximum Gasteiger partial charge on any atom is 0.0809 e. The summed E-state index contributed by atoms with van der Waals surface area (Å²) in [4.78, 5) is 0. The first-order valence-corrected chi connectivity index (χ1v) is 8.26. The fourth-order valence-corrected chi connectivity index (χ4v) is 3.23. The van der Waals surface area contributed by atoms with Crippen LogP contribution in [0.3, 0.4) is 0 Å². The Hall–Kier alpha value is -0.860. The summed E-state index contributed by atoms with van der Waals surface area (Å²) in [5, 5.41) is 3.48. The van der Waals surface area contributed by atoms with Crippen LogP contribution in [-0.4, -0.2) is 25.3 Å².